The van der Waals surface area contributed by atoms with Gasteiger partial charge in [-0.25, -0.2) is 0 Å². The summed E-state index contributed by atoms with van der Waals surface area (Å²) in [6.07, 6.45) is 4.43. The Bertz CT molecular complexity index is 679. The molecule has 0 N–H and O–H groups in total. The van der Waals surface area contributed by atoms with E-state index >= 15 is 0 Å². The molecule has 0 aromatic carbocycles. The molecule has 1 atom stereocenters. The zero-order chi connectivity index (χ0) is 19.1. The molecule has 1 fully saturated rings. The number of nitrogens with zero attached hydrogens (tertiary/aromatic N) is 2. The first-order valence-corrected chi connectivity index (χ1v) is 8.84. The first kappa shape index (κ1) is 19.8. The fourth-order valence-electron chi connectivity index (χ4n) is 2.86. The van der Waals surface area contributed by atoms with E-state index in [1.165, 1.54) is 11.0 Å². The highest BCUT2D eigenvalue weighted by Gasteiger charge is 2.29. The van der Waals surface area contributed by atoms with Gasteiger partial charge in [0.15, 0.2) is 0 Å². The minimum Gasteiger partial charge on any atom is -0.466 e. The summed E-state index contributed by atoms with van der Waals surface area (Å²) in [7, 11) is 1.57. The summed E-state index contributed by atoms with van der Waals surface area (Å²) < 4.78 is 10.4. The Morgan fingerprint density at radius 2 is 2.15 bits per heavy atom. The molecule has 1 aromatic rings. The maximum atomic E-state index is 12.5. The molecular formula is C19H26N2O5. The predicted molar refractivity (Wildman–Crippen MR) is 96.1 cm³/mol. The van der Waals surface area contributed by atoms with Crippen LogP contribution in [-0.2, 0) is 19.1 Å². The van der Waals surface area contributed by atoms with E-state index in [4.69, 9.17) is 9.15 Å². The highest BCUT2D eigenvalue weighted by atomic mass is 16.5. The third kappa shape index (κ3) is 5.47. The lowest BCUT2D eigenvalue weighted by Gasteiger charge is -2.32. The molecule has 26 heavy (non-hydrogen) atoms. The number of likely N-dealkylation sites (N-methyl/N-ethyl adjacent to an activating group) is 1. The molecule has 7 heteroatoms. The van der Waals surface area contributed by atoms with Gasteiger partial charge in [0, 0.05) is 26.2 Å². The van der Waals surface area contributed by atoms with Gasteiger partial charge in [0.05, 0.1) is 19.1 Å². The van der Waals surface area contributed by atoms with Crippen LogP contribution in [0.25, 0.3) is 6.08 Å². The molecule has 1 aromatic heterocycles. The molecule has 0 saturated carbocycles. The molecule has 0 radical (unpaired) electrons. The van der Waals surface area contributed by atoms with Crippen LogP contribution in [0.3, 0.4) is 0 Å². The van der Waals surface area contributed by atoms with E-state index in [2.05, 4.69) is 0 Å². The second-order valence-corrected chi connectivity index (χ2v) is 6.41. The van der Waals surface area contributed by atoms with E-state index in [1.807, 2.05) is 13.0 Å². The average molecular weight is 362 g/mol. The fraction of sp³-hybridized carbons (Fsp3) is 0.526. The van der Waals surface area contributed by atoms with Crippen molar-refractivity contribution in [2.24, 2.45) is 5.92 Å². The highest BCUT2D eigenvalue weighted by Crippen LogP contribution is 2.18. The van der Waals surface area contributed by atoms with Crippen LogP contribution in [0.2, 0.25) is 0 Å². The quantitative estimate of drug-likeness (QED) is 0.570. The normalized spacial score (nSPS) is 17.3. The number of hydrogen-bond acceptors (Lipinski definition) is 5. The van der Waals surface area contributed by atoms with Crippen molar-refractivity contribution in [2.75, 3.05) is 33.3 Å². The Morgan fingerprint density at radius 1 is 1.38 bits per heavy atom. The van der Waals surface area contributed by atoms with Crippen molar-refractivity contribution in [2.45, 2.75) is 26.7 Å². The molecule has 1 aliphatic heterocycles. The van der Waals surface area contributed by atoms with E-state index < -0.39 is 0 Å². The van der Waals surface area contributed by atoms with Crippen LogP contribution in [0.4, 0.5) is 0 Å². The molecule has 0 spiro atoms. The first-order chi connectivity index (χ1) is 12.4. The van der Waals surface area contributed by atoms with Crippen LogP contribution < -0.4 is 0 Å². The number of esters is 1. The second kappa shape index (κ2) is 9.22. The molecule has 0 bridgehead atoms. The van der Waals surface area contributed by atoms with E-state index in [0.717, 1.165) is 18.6 Å². The number of carbonyl (C=O) groups excluding carboxylic acids is 3. The molecule has 1 saturated heterocycles. The average Bonchev–Trinajstić information content (AvgIpc) is 3.05. The van der Waals surface area contributed by atoms with Gasteiger partial charge in [-0.15, -0.1) is 0 Å². The third-order valence-corrected chi connectivity index (χ3v) is 4.29. The van der Waals surface area contributed by atoms with Gasteiger partial charge >= 0.3 is 5.97 Å². The summed E-state index contributed by atoms with van der Waals surface area (Å²) in [5.74, 6) is 0.357. The standard InChI is InChI=1S/C19H26N2O5/c1-4-25-19(24)15-6-5-11-21(12-15)18(23)13-20(3)17(22)10-9-16-8-7-14(2)26-16/h7-10,15H,4-6,11-13H2,1-3H3/b10-9+. The summed E-state index contributed by atoms with van der Waals surface area (Å²) in [4.78, 5) is 39.5. The van der Waals surface area contributed by atoms with Gasteiger partial charge in [-0.05, 0) is 44.9 Å². The molecule has 2 amide bonds. The van der Waals surface area contributed by atoms with Crippen molar-refractivity contribution < 1.29 is 23.5 Å². The molecule has 1 unspecified atom stereocenters. The van der Waals surface area contributed by atoms with Crippen molar-refractivity contribution in [3.8, 4) is 0 Å². The Balaban J connectivity index is 1.86. The van der Waals surface area contributed by atoms with Crippen molar-refractivity contribution in [1.29, 1.82) is 0 Å². The summed E-state index contributed by atoms with van der Waals surface area (Å²) in [5, 5.41) is 0. The monoisotopic (exact) mass is 362 g/mol. The fourth-order valence-corrected chi connectivity index (χ4v) is 2.86. The minimum atomic E-state index is -0.286. The van der Waals surface area contributed by atoms with E-state index in [0.29, 0.717) is 25.5 Å². The van der Waals surface area contributed by atoms with Gasteiger partial charge in [0.2, 0.25) is 11.8 Å². The number of likely N-dealkylation sites (tertiary alicyclic amines) is 1. The zero-order valence-electron chi connectivity index (χ0n) is 15.6. The minimum absolute atomic E-state index is 0.0318. The maximum Gasteiger partial charge on any atom is 0.310 e. The van der Waals surface area contributed by atoms with Crippen LogP contribution in [0.1, 0.15) is 31.3 Å². The zero-order valence-corrected chi connectivity index (χ0v) is 15.6. The Hall–Kier alpha value is -2.57. The highest BCUT2D eigenvalue weighted by molar-refractivity contribution is 5.94. The largest absolute Gasteiger partial charge is 0.466 e. The molecule has 0 aliphatic carbocycles. The Kier molecular flexibility index (Phi) is 7.00. The van der Waals surface area contributed by atoms with Gasteiger partial charge in [-0.1, -0.05) is 0 Å². The van der Waals surface area contributed by atoms with Gasteiger partial charge in [-0.2, -0.15) is 0 Å². The van der Waals surface area contributed by atoms with Gasteiger partial charge in [0.1, 0.15) is 11.5 Å². The van der Waals surface area contributed by atoms with E-state index in [9.17, 15) is 14.4 Å². The van der Waals surface area contributed by atoms with Crippen LogP contribution in [-0.4, -0.2) is 60.9 Å². The van der Waals surface area contributed by atoms with Crippen LogP contribution in [0.5, 0.6) is 0 Å². The second-order valence-electron chi connectivity index (χ2n) is 6.41. The van der Waals surface area contributed by atoms with Crippen molar-refractivity contribution in [1.82, 2.24) is 9.80 Å². The summed E-state index contributed by atoms with van der Waals surface area (Å²) >= 11 is 0. The lowest BCUT2D eigenvalue weighted by Crippen LogP contribution is -2.47. The number of rotatable bonds is 6. The maximum absolute atomic E-state index is 12.5. The smallest absolute Gasteiger partial charge is 0.310 e. The number of hydrogen-bond donors (Lipinski definition) is 0. The van der Waals surface area contributed by atoms with Gasteiger partial charge in [-0.3, -0.25) is 14.4 Å². The van der Waals surface area contributed by atoms with Gasteiger partial charge < -0.3 is 19.0 Å². The predicted octanol–water partition coefficient (Wildman–Crippen LogP) is 1.86. The summed E-state index contributed by atoms with van der Waals surface area (Å²) in [5.41, 5.74) is 0. The molecule has 1 aliphatic rings. The third-order valence-electron chi connectivity index (χ3n) is 4.29. The number of furan rings is 1. The molecular weight excluding hydrogens is 336 g/mol. The van der Waals surface area contributed by atoms with Crippen LogP contribution in [0.15, 0.2) is 22.6 Å². The van der Waals surface area contributed by atoms with E-state index in [-0.39, 0.29) is 30.2 Å². The lowest BCUT2D eigenvalue weighted by atomic mass is 9.98. The SMILES string of the molecule is CCOC(=O)C1CCCN(C(=O)CN(C)C(=O)/C=C/c2ccc(C)o2)C1. The Labute approximate surface area is 153 Å². The number of piperidine rings is 1. The number of amides is 2. The van der Waals surface area contributed by atoms with Crippen LogP contribution in [0, 0.1) is 12.8 Å². The number of aryl methyl sites for hydroxylation is 1. The number of ether oxygens (including phenoxy) is 1. The van der Waals surface area contributed by atoms with Gasteiger partial charge in [0.25, 0.3) is 0 Å². The topological polar surface area (TPSA) is 80.1 Å². The first-order valence-electron chi connectivity index (χ1n) is 8.84. The van der Waals surface area contributed by atoms with Crippen molar-refractivity contribution >= 4 is 23.9 Å². The van der Waals surface area contributed by atoms with Crippen molar-refractivity contribution in [3.05, 3.63) is 29.7 Å². The number of carbonyl (C=O) groups is 3. The van der Waals surface area contributed by atoms with Crippen LogP contribution >= 0.6 is 0 Å². The Morgan fingerprint density at radius 3 is 2.81 bits per heavy atom. The molecule has 7 nitrogen and oxygen atoms in total. The summed E-state index contributed by atoms with van der Waals surface area (Å²) in [6, 6.07) is 3.58. The van der Waals surface area contributed by atoms with Crippen molar-refractivity contribution in [3.63, 3.8) is 0 Å². The summed E-state index contributed by atoms with van der Waals surface area (Å²) in [6.45, 7) is 4.84. The molecule has 2 heterocycles. The lowest BCUT2D eigenvalue weighted by molar-refractivity contribution is -0.151. The molecule has 2 rings (SSSR count). The van der Waals surface area contributed by atoms with E-state index in [1.54, 1.807) is 31.0 Å². The molecule has 142 valence electrons.